The summed E-state index contributed by atoms with van der Waals surface area (Å²) >= 11 is 0. The van der Waals surface area contributed by atoms with E-state index in [-0.39, 0.29) is 6.03 Å². The molecule has 0 radical (unpaired) electrons. The second-order valence-corrected chi connectivity index (χ2v) is 6.54. The van der Waals surface area contributed by atoms with Crippen molar-refractivity contribution in [3.05, 3.63) is 35.9 Å². The van der Waals surface area contributed by atoms with E-state index in [1.54, 1.807) is 14.2 Å². The first kappa shape index (κ1) is 16.7. The predicted molar refractivity (Wildman–Crippen MR) is 93.6 cm³/mol. The Labute approximate surface area is 143 Å². The molecular formula is C19H26N2O3. The highest BCUT2D eigenvalue weighted by Gasteiger charge is 2.34. The molecule has 5 nitrogen and oxygen atoms in total. The van der Waals surface area contributed by atoms with E-state index in [1.807, 2.05) is 23.1 Å². The van der Waals surface area contributed by atoms with Gasteiger partial charge in [-0.25, -0.2) is 4.79 Å². The zero-order chi connectivity index (χ0) is 16.9. The first-order valence-electron chi connectivity index (χ1n) is 8.60. The van der Waals surface area contributed by atoms with Gasteiger partial charge in [-0.2, -0.15) is 0 Å². The van der Waals surface area contributed by atoms with Gasteiger partial charge in [0.05, 0.1) is 14.2 Å². The zero-order valence-corrected chi connectivity index (χ0v) is 14.5. The first-order valence-corrected chi connectivity index (χ1v) is 8.60. The van der Waals surface area contributed by atoms with E-state index in [2.05, 4.69) is 17.5 Å². The van der Waals surface area contributed by atoms with E-state index in [1.165, 1.54) is 0 Å². The van der Waals surface area contributed by atoms with Crippen LogP contribution < -0.4 is 14.8 Å². The third-order valence-corrected chi connectivity index (χ3v) is 5.05. The number of nitrogens with zero attached hydrogens (tertiary/aromatic N) is 1. The van der Waals surface area contributed by atoms with Crippen molar-refractivity contribution in [3.63, 3.8) is 0 Å². The first-order chi connectivity index (χ1) is 11.7. The van der Waals surface area contributed by atoms with Crippen LogP contribution in [0.1, 0.15) is 18.4 Å². The number of methoxy groups -OCH3 is 2. The van der Waals surface area contributed by atoms with Crippen molar-refractivity contribution in [2.24, 2.45) is 11.8 Å². The van der Waals surface area contributed by atoms with Crippen LogP contribution in [0.5, 0.6) is 11.5 Å². The number of ether oxygens (including phenoxy) is 2. The van der Waals surface area contributed by atoms with Crippen molar-refractivity contribution >= 4 is 6.03 Å². The minimum atomic E-state index is 0.0601. The third kappa shape index (κ3) is 3.66. The molecule has 1 aromatic carbocycles. The highest BCUT2D eigenvalue weighted by molar-refractivity contribution is 5.74. The van der Waals surface area contributed by atoms with Crippen LogP contribution in [0.15, 0.2) is 30.4 Å². The van der Waals surface area contributed by atoms with E-state index in [0.29, 0.717) is 18.4 Å². The highest BCUT2D eigenvalue weighted by Crippen LogP contribution is 2.32. The molecular weight excluding hydrogens is 304 g/mol. The Kier molecular flexibility index (Phi) is 5.28. The number of rotatable bonds is 5. The average molecular weight is 330 g/mol. The molecule has 1 heterocycles. The van der Waals surface area contributed by atoms with Gasteiger partial charge >= 0.3 is 6.03 Å². The van der Waals surface area contributed by atoms with Crippen molar-refractivity contribution < 1.29 is 14.3 Å². The van der Waals surface area contributed by atoms with Crippen LogP contribution >= 0.6 is 0 Å². The van der Waals surface area contributed by atoms with Gasteiger partial charge in [-0.1, -0.05) is 18.2 Å². The molecule has 0 spiro atoms. The van der Waals surface area contributed by atoms with Gasteiger partial charge in [-0.3, -0.25) is 0 Å². The van der Waals surface area contributed by atoms with Gasteiger partial charge in [0.2, 0.25) is 0 Å². The van der Waals surface area contributed by atoms with E-state index >= 15 is 0 Å². The zero-order valence-electron chi connectivity index (χ0n) is 14.5. The molecule has 3 rings (SSSR count). The van der Waals surface area contributed by atoms with Crippen molar-refractivity contribution in [3.8, 4) is 11.5 Å². The molecule has 2 atom stereocenters. The maximum atomic E-state index is 12.4. The fraction of sp³-hybridized carbons (Fsp3) is 0.526. The molecule has 1 aliphatic carbocycles. The number of nitrogens with one attached hydrogen (secondary N) is 1. The van der Waals surface area contributed by atoms with Gasteiger partial charge in [0, 0.05) is 19.6 Å². The quantitative estimate of drug-likeness (QED) is 0.845. The molecule has 1 aliphatic heterocycles. The molecule has 5 heteroatoms. The lowest BCUT2D eigenvalue weighted by molar-refractivity contribution is 0.206. The number of amides is 2. The highest BCUT2D eigenvalue weighted by atomic mass is 16.5. The summed E-state index contributed by atoms with van der Waals surface area (Å²) in [5, 5.41) is 3.04. The Morgan fingerprint density at radius 2 is 1.79 bits per heavy atom. The largest absolute Gasteiger partial charge is 0.493 e. The van der Waals surface area contributed by atoms with Gasteiger partial charge in [0.15, 0.2) is 11.5 Å². The van der Waals surface area contributed by atoms with Crippen LogP contribution in [0.25, 0.3) is 0 Å². The lowest BCUT2D eigenvalue weighted by Gasteiger charge is -2.17. The van der Waals surface area contributed by atoms with Crippen LogP contribution in [-0.4, -0.2) is 44.8 Å². The fourth-order valence-electron chi connectivity index (χ4n) is 3.64. The minimum absolute atomic E-state index is 0.0601. The Bertz CT molecular complexity index is 599. The standard InChI is InChI=1S/C19H26N2O3/c1-23-17-8-7-14(11-18(17)24-2)9-10-20-19(22)21-12-15-5-3-4-6-16(15)13-21/h3-4,7-8,11,15-16H,5-6,9-10,12-13H2,1-2H3,(H,20,22)/t15-,16-/m0/s1. The number of allylic oxidation sites excluding steroid dienone is 2. The summed E-state index contributed by atoms with van der Waals surface area (Å²) in [6, 6.07) is 5.92. The Morgan fingerprint density at radius 3 is 2.42 bits per heavy atom. The summed E-state index contributed by atoms with van der Waals surface area (Å²) < 4.78 is 10.6. The van der Waals surface area contributed by atoms with E-state index in [9.17, 15) is 4.79 Å². The van der Waals surface area contributed by atoms with Crippen molar-refractivity contribution in [2.75, 3.05) is 33.9 Å². The lowest BCUT2D eigenvalue weighted by atomic mass is 9.86. The van der Waals surface area contributed by atoms with Crippen LogP contribution in [0.4, 0.5) is 4.79 Å². The van der Waals surface area contributed by atoms with Crippen LogP contribution in [-0.2, 0) is 6.42 Å². The Hall–Kier alpha value is -2.17. The summed E-state index contributed by atoms with van der Waals surface area (Å²) in [6.07, 6.45) is 7.49. The predicted octanol–water partition coefficient (Wildman–Crippen LogP) is 2.85. The van der Waals surface area contributed by atoms with Gasteiger partial charge in [-0.15, -0.1) is 0 Å². The molecule has 1 saturated heterocycles. The molecule has 0 bridgehead atoms. The summed E-state index contributed by atoms with van der Waals surface area (Å²) in [4.78, 5) is 14.3. The number of benzene rings is 1. The van der Waals surface area contributed by atoms with Gasteiger partial charge in [0.25, 0.3) is 0 Å². The molecule has 24 heavy (non-hydrogen) atoms. The van der Waals surface area contributed by atoms with Crippen molar-refractivity contribution in [1.29, 1.82) is 0 Å². The molecule has 1 N–H and O–H groups in total. The average Bonchev–Trinajstić information content (AvgIpc) is 3.05. The Morgan fingerprint density at radius 1 is 1.12 bits per heavy atom. The molecule has 130 valence electrons. The lowest BCUT2D eigenvalue weighted by Crippen LogP contribution is -2.39. The molecule has 0 aromatic heterocycles. The van der Waals surface area contributed by atoms with Crippen LogP contribution in [0.2, 0.25) is 0 Å². The maximum absolute atomic E-state index is 12.4. The SMILES string of the molecule is COc1ccc(CCNC(=O)N2C[C@@H]3CC=CC[C@H]3C2)cc1OC. The topological polar surface area (TPSA) is 50.8 Å². The van der Waals surface area contributed by atoms with Gasteiger partial charge in [-0.05, 0) is 48.8 Å². The van der Waals surface area contributed by atoms with E-state index in [4.69, 9.17) is 9.47 Å². The second-order valence-electron chi connectivity index (χ2n) is 6.54. The van der Waals surface area contributed by atoms with Gasteiger partial charge < -0.3 is 19.7 Å². The summed E-state index contributed by atoms with van der Waals surface area (Å²) in [5.74, 6) is 2.73. The number of likely N-dealkylation sites (tertiary alicyclic amines) is 1. The second kappa shape index (κ2) is 7.60. The van der Waals surface area contributed by atoms with Gasteiger partial charge in [0.1, 0.15) is 0 Å². The summed E-state index contributed by atoms with van der Waals surface area (Å²) in [5.41, 5.74) is 1.12. The van der Waals surface area contributed by atoms with Crippen molar-refractivity contribution in [1.82, 2.24) is 10.2 Å². The maximum Gasteiger partial charge on any atom is 0.317 e. The van der Waals surface area contributed by atoms with E-state index in [0.717, 1.165) is 49.4 Å². The number of hydrogen-bond donors (Lipinski definition) is 1. The number of carbonyl (C=O) groups is 1. The third-order valence-electron chi connectivity index (χ3n) is 5.05. The summed E-state index contributed by atoms with van der Waals surface area (Å²) in [6.45, 7) is 2.40. The normalized spacial score (nSPS) is 22.2. The Balaban J connectivity index is 1.47. The van der Waals surface area contributed by atoms with Crippen LogP contribution in [0, 0.1) is 11.8 Å². The number of hydrogen-bond acceptors (Lipinski definition) is 3. The summed E-state index contributed by atoms with van der Waals surface area (Å²) in [7, 11) is 3.26. The molecule has 1 aromatic rings. The molecule has 1 fully saturated rings. The number of fused-ring (bicyclic) bond motifs is 1. The molecule has 0 unspecified atom stereocenters. The number of urea groups is 1. The minimum Gasteiger partial charge on any atom is -0.493 e. The fourth-order valence-corrected chi connectivity index (χ4v) is 3.64. The molecule has 0 saturated carbocycles. The van der Waals surface area contributed by atoms with E-state index < -0.39 is 0 Å². The monoisotopic (exact) mass is 330 g/mol. The van der Waals surface area contributed by atoms with Crippen LogP contribution in [0.3, 0.4) is 0 Å². The smallest absolute Gasteiger partial charge is 0.317 e. The molecule has 2 aliphatic rings. The number of carbonyl (C=O) groups excluding carboxylic acids is 1. The van der Waals surface area contributed by atoms with Crippen molar-refractivity contribution in [2.45, 2.75) is 19.3 Å². The molecule has 2 amide bonds.